The predicted octanol–water partition coefficient (Wildman–Crippen LogP) is 7.73. The molecule has 6 rings (SSSR count). The number of nitrogens with zero attached hydrogens (tertiary/aromatic N) is 3. The third-order valence-electron chi connectivity index (χ3n) is 8.24. The molecule has 1 unspecified atom stereocenters. The van der Waals surface area contributed by atoms with Gasteiger partial charge in [0.1, 0.15) is 18.0 Å². The molecule has 1 aliphatic rings. The highest BCUT2D eigenvalue weighted by Gasteiger charge is 2.42. The van der Waals surface area contributed by atoms with Crippen LogP contribution >= 0.6 is 11.6 Å². The van der Waals surface area contributed by atoms with E-state index in [1.165, 1.54) is 36.4 Å². The zero-order valence-corrected chi connectivity index (χ0v) is 27.6. The molecule has 0 bridgehead atoms. The lowest BCUT2D eigenvalue weighted by molar-refractivity contribution is -0.115. The Morgan fingerprint density at radius 3 is 2.57 bits per heavy atom. The van der Waals surface area contributed by atoms with E-state index in [-0.39, 0.29) is 40.4 Å². The molecule has 49 heavy (non-hydrogen) atoms. The second kappa shape index (κ2) is 13.6. The normalized spacial score (nSPS) is 14.9. The summed E-state index contributed by atoms with van der Waals surface area (Å²) in [6.45, 7) is 6.20. The second-order valence-corrected chi connectivity index (χ2v) is 12.1. The van der Waals surface area contributed by atoms with E-state index >= 15 is 4.39 Å². The first kappa shape index (κ1) is 33.4. The topological polar surface area (TPSA) is 128 Å². The quantitative estimate of drug-likeness (QED) is 0.129. The fourth-order valence-electron chi connectivity index (χ4n) is 5.86. The summed E-state index contributed by atoms with van der Waals surface area (Å²) in [6, 6.07) is 16.5. The van der Waals surface area contributed by atoms with Crippen LogP contribution in [0.4, 0.5) is 20.2 Å². The van der Waals surface area contributed by atoms with Crippen molar-refractivity contribution in [3.8, 4) is 22.6 Å². The Hall–Kier alpha value is -5.49. The molecule has 13 heteroatoms. The Morgan fingerprint density at radius 2 is 1.84 bits per heavy atom. The Morgan fingerprint density at radius 1 is 1.02 bits per heavy atom. The number of para-hydroxylation sites is 1. The maximum absolute atomic E-state index is 15.7. The molecule has 1 amide bonds. The molecule has 0 saturated carbocycles. The number of benzene rings is 4. The number of carbonyl (C=O) groups excluding carboxylic acids is 1. The third-order valence-corrected chi connectivity index (χ3v) is 8.48. The van der Waals surface area contributed by atoms with Gasteiger partial charge < -0.3 is 29.8 Å². The largest absolute Gasteiger partial charge is 0.478 e. The van der Waals surface area contributed by atoms with E-state index in [0.29, 0.717) is 46.2 Å². The fourth-order valence-corrected chi connectivity index (χ4v) is 6.02. The average Bonchev–Trinajstić information content (AvgIpc) is 3.64. The molecule has 0 spiro atoms. The van der Waals surface area contributed by atoms with Crippen molar-refractivity contribution in [1.29, 1.82) is 0 Å². The molecule has 5 aromatic rings. The second-order valence-electron chi connectivity index (χ2n) is 11.7. The Labute approximate surface area is 285 Å². The van der Waals surface area contributed by atoms with Crippen molar-refractivity contribution >= 4 is 34.9 Å². The van der Waals surface area contributed by atoms with Gasteiger partial charge in [0.05, 0.1) is 35.5 Å². The summed E-state index contributed by atoms with van der Waals surface area (Å²) < 4.78 is 44.5. The van der Waals surface area contributed by atoms with Crippen LogP contribution in [0.2, 0.25) is 5.02 Å². The molecule has 2 heterocycles. The van der Waals surface area contributed by atoms with E-state index < -0.39 is 29.3 Å². The number of rotatable bonds is 11. The lowest BCUT2D eigenvalue weighted by Crippen LogP contribution is -2.32. The van der Waals surface area contributed by atoms with Gasteiger partial charge in [-0.1, -0.05) is 42.8 Å². The van der Waals surface area contributed by atoms with Gasteiger partial charge in [-0.2, -0.15) is 0 Å². The highest BCUT2D eigenvalue weighted by molar-refractivity contribution is 6.30. The van der Waals surface area contributed by atoms with Crippen LogP contribution < -0.4 is 20.1 Å². The first-order valence-corrected chi connectivity index (χ1v) is 15.9. The molecule has 1 aromatic heterocycles. The number of aromatic carboxylic acids is 1. The van der Waals surface area contributed by atoms with Crippen molar-refractivity contribution in [2.75, 3.05) is 10.6 Å². The van der Waals surface area contributed by atoms with Crippen molar-refractivity contribution < 1.29 is 33.0 Å². The lowest BCUT2D eigenvalue weighted by atomic mass is 10.0. The summed E-state index contributed by atoms with van der Waals surface area (Å²) >= 11 is 5.92. The molecule has 3 N–H and O–H groups in total. The number of hydrogen-bond acceptors (Lipinski definition) is 7. The molecule has 0 saturated heterocycles. The minimum Gasteiger partial charge on any atom is -0.478 e. The number of carbonyl (C=O) groups is 2. The van der Waals surface area contributed by atoms with Crippen LogP contribution in [0.1, 0.15) is 53.1 Å². The van der Waals surface area contributed by atoms with Gasteiger partial charge in [-0.3, -0.25) is 4.79 Å². The average molecular weight is 688 g/mol. The molecule has 0 aliphatic carbocycles. The summed E-state index contributed by atoms with van der Waals surface area (Å²) in [5.74, 6) is -3.05. The number of halogens is 3. The van der Waals surface area contributed by atoms with Crippen LogP contribution in [-0.4, -0.2) is 31.7 Å². The van der Waals surface area contributed by atoms with Gasteiger partial charge in [0, 0.05) is 29.6 Å². The van der Waals surface area contributed by atoms with E-state index in [2.05, 4.69) is 20.8 Å². The number of anilines is 2. The van der Waals surface area contributed by atoms with Crippen LogP contribution in [0.25, 0.3) is 11.1 Å². The molecule has 0 radical (unpaired) electrons. The number of fused-ring (bicyclic) bond motifs is 1. The Balaban J connectivity index is 1.20. The zero-order valence-electron chi connectivity index (χ0n) is 26.8. The van der Waals surface area contributed by atoms with Crippen LogP contribution in [0.5, 0.6) is 11.5 Å². The monoisotopic (exact) mass is 687 g/mol. The SMILES string of the molecule is CCCn1cnnc1CNc1c(NC(=O)Cc2ccc(-c3cccc4c3OC(C)(c3ccc(Cl)cc3F)O4)c(F)c2)ccc(C(=O)O)c1C. The molecule has 0 fully saturated rings. The minimum absolute atomic E-state index is 0.0774. The van der Waals surface area contributed by atoms with Crippen LogP contribution in [0.15, 0.2) is 73.1 Å². The number of carboxylic acids is 1. The highest BCUT2D eigenvalue weighted by Crippen LogP contribution is 2.50. The van der Waals surface area contributed by atoms with E-state index in [9.17, 15) is 19.1 Å². The van der Waals surface area contributed by atoms with Crippen molar-refractivity contribution in [2.45, 2.75) is 52.5 Å². The first-order valence-electron chi connectivity index (χ1n) is 15.5. The molecule has 10 nitrogen and oxygen atoms in total. The molecule has 252 valence electrons. The summed E-state index contributed by atoms with van der Waals surface area (Å²) in [7, 11) is 0. The number of carboxylic acid groups (broad SMARTS) is 1. The van der Waals surface area contributed by atoms with Crippen molar-refractivity contribution in [3.05, 3.63) is 118 Å². The van der Waals surface area contributed by atoms with Gasteiger partial charge in [-0.15, -0.1) is 10.2 Å². The van der Waals surface area contributed by atoms with Gasteiger partial charge in [-0.05, 0) is 66.9 Å². The Kier molecular flexibility index (Phi) is 9.24. The number of ether oxygens (including phenoxy) is 2. The number of aryl methyl sites for hydroxylation is 1. The van der Waals surface area contributed by atoms with Gasteiger partial charge in [0.2, 0.25) is 5.91 Å². The maximum Gasteiger partial charge on any atom is 0.336 e. The van der Waals surface area contributed by atoms with Crippen molar-refractivity contribution in [3.63, 3.8) is 0 Å². The minimum atomic E-state index is -1.51. The molecule has 1 atom stereocenters. The first-order chi connectivity index (χ1) is 23.5. The highest BCUT2D eigenvalue weighted by atomic mass is 35.5. The van der Waals surface area contributed by atoms with Crippen molar-refractivity contribution in [1.82, 2.24) is 14.8 Å². The predicted molar refractivity (Wildman–Crippen MR) is 180 cm³/mol. The van der Waals surface area contributed by atoms with E-state index in [1.54, 1.807) is 50.5 Å². The molecular weight excluding hydrogens is 656 g/mol. The van der Waals surface area contributed by atoms with E-state index in [4.69, 9.17) is 21.1 Å². The van der Waals surface area contributed by atoms with E-state index in [0.717, 1.165) is 6.42 Å². The zero-order chi connectivity index (χ0) is 34.9. The summed E-state index contributed by atoms with van der Waals surface area (Å²) in [4.78, 5) is 25.1. The van der Waals surface area contributed by atoms with Gasteiger partial charge >= 0.3 is 5.97 Å². The number of nitrogens with one attached hydrogen (secondary N) is 2. The van der Waals surface area contributed by atoms with E-state index in [1.807, 2.05) is 11.5 Å². The lowest BCUT2D eigenvalue weighted by Gasteiger charge is -2.24. The Bertz CT molecular complexity index is 2090. The van der Waals surface area contributed by atoms with Gasteiger partial charge in [0.15, 0.2) is 17.3 Å². The summed E-state index contributed by atoms with van der Waals surface area (Å²) in [6.07, 6.45) is 2.34. The number of aromatic nitrogens is 3. The fraction of sp³-hybridized carbons (Fsp3) is 0.222. The van der Waals surface area contributed by atoms with Crippen molar-refractivity contribution in [2.24, 2.45) is 0 Å². The summed E-state index contributed by atoms with van der Waals surface area (Å²) in [5.41, 5.74) is 2.42. The summed E-state index contributed by atoms with van der Waals surface area (Å²) in [5, 5.41) is 24.1. The molecule has 4 aromatic carbocycles. The maximum atomic E-state index is 15.7. The standard InChI is InChI=1S/C36H32ClF2N5O5/c1-4-14-44-19-41-43-31(44)18-40-33-20(2)23(35(46)47)11-13-29(33)42-32(45)16-21-8-10-24(27(38)15-21)25-6-5-7-30-34(25)49-36(3,48-30)26-12-9-22(37)17-28(26)39/h5-13,15,17,19,40H,4,14,16,18H2,1-3H3,(H,42,45)(H,46,47). The van der Waals surface area contributed by atoms with Gasteiger partial charge in [0.25, 0.3) is 5.79 Å². The van der Waals surface area contributed by atoms with Crippen LogP contribution in [0, 0.1) is 18.6 Å². The molecule has 1 aliphatic heterocycles. The van der Waals surface area contributed by atoms with Crippen LogP contribution in [-0.2, 0) is 30.1 Å². The van der Waals surface area contributed by atoms with Gasteiger partial charge in [-0.25, -0.2) is 13.6 Å². The third kappa shape index (κ3) is 6.77. The molecular formula is C36H32ClF2N5O5. The smallest absolute Gasteiger partial charge is 0.336 e. The van der Waals surface area contributed by atoms with Crippen LogP contribution in [0.3, 0.4) is 0 Å². The number of hydrogen-bond donors (Lipinski definition) is 3. The number of amides is 1.